The second kappa shape index (κ2) is 9.03. The molecule has 0 atom stereocenters. The molecule has 2 aromatic rings. The molecule has 0 bridgehead atoms. The van der Waals surface area contributed by atoms with Gasteiger partial charge in [0.05, 0.1) is 5.75 Å². The zero-order valence-corrected chi connectivity index (χ0v) is 16.7. The number of carbonyl (C=O) groups excluding carboxylic acids is 1. The number of hydrogen-bond donors (Lipinski definition) is 1. The fourth-order valence-electron chi connectivity index (χ4n) is 2.61. The number of nitrogens with zero attached hydrogens (tertiary/aromatic N) is 2. The predicted octanol–water partition coefficient (Wildman–Crippen LogP) is 3.64. The molecule has 2 rings (SSSR count). The fraction of sp³-hybridized carbons (Fsp3) is 0.450. The van der Waals surface area contributed by atoms with E-state index in [9.17, 15) is 9.59 Å². The van der Waals surface area contributed by atoms with E-state index in [1.165, 1.54) is 17.8 Å². The molecule has 1 heterocycles. The summed E-state index contributed by atoms with van der Waals surface area (Å²) in [5.74, 6) is 0.262. The average molecular weight is 374 g/mol. The number of nitrogens with one attached hydrogen (secondary N) is 1. The molecule has 0 aliphatic rings. The third kappa shape index (κ3) is 6.02. The van der Waals surface area contributed by atoms with Crippen molar-refractivity contribution in [2.75, 3.05) is 5.75 Å². The minimum absolute atomic E-state index is 0.0231. The molecule has 0 fully saturated rings. The molecule has 0 radical (unpaired) electrons. The number of amides is 1. The van der Waals surface area contributed by atoms with E-state index in [-0.39, 0.29) is 22.8 Å². The molecule has 26 heavy (non-hydrogen) atoms. The topological polar surface area (TPSA) is 66.1 Å². The number of hydrogen-bond acceptors (Lipinski definition) is 4. The highest BCUT2D eigenvalue weighted by Crippen LogP contribution is 2.21. The third-order valence-corrected chi connectivity index (χ3v) is 4.76. The number of aromatic nitrogens is 2. The van der Waals surface area contributed by atoms with Crippen LogP contribution in [-0.2, 0) is 17.8 Å². The van der Waals surface area contributed by atoms with E-state index in [2.05, 4.69) is 9.97 Å². The maximum Gasteiger partial charge on any atom is 0.251 e. The molecule has 1 aromatic heterocycles. The summed E-state index contributed by atoms with van der Waals surface area (Å²) < 4.78 is 0. The van der Waals surface area contributed by atoms with E-state index in [1.807, 2.05) is 62.9 Å². The highest BCUT2D eigenvalue weighted by molar-refractivity contribution is 7.99. The molecular weight excluding hydrogens is 346 g/mol. The zero-order valence-electron chi connectivity index (χ0n) is 15.9. The first-order valence-electron chi connectivity index (χ1n) is 8.87. The molecule has 6 heteroatoms. The van der Waals surface area contributed by atoms with Crippen molar-refractivity contribution in [1.29, 1.82) is 0 Å². The Hall–Kier alpha value is -2.08. The number of benzene rings is 1. The van der Waals surface area contributed by atoms with Gasteiger partial charge in [0, 0.05) is 23.8 Å². The summed E-state index contributed by atoms with van der Waals surface area (Å²) in [5.41, 5.74) is 1.40. The van der Waals surface area contributed by atoms with Crippen molar-refractivity contribution >= 4 is 17.7 Å². The smallest absolute Gasteiger partial charge is 0.251 e. The van der Waals surface area contributed by atoms with Gasteiger partial charge in [0.25, 0.3) is 5.56 Å². The first-order chi connectivity index (χ1) is 12.3. The molecule has 0 saturated heterocycles. The highest BCUT2D eigenvalue weighted by atomic mass is 32.2. The minimum Gasteiger partial charge on any atom is -0.333 e. The molecule has 1 aromatic carbocycles. The van der Waals surface area contributed by atoms with Gasteiger partial charge in [0.15, 0.2) is 5.16 Å². The van der Waals surface area contributed by atoms with Gasteiger partial charge in [0.2, 0.25) is 5.91 Å². The van der Waals surface area contributed by atoms with Crippen LogP contribution in [0.15, 0.2) is 46.3 Å². The van der Waals surface area contributed by atoms with Crippen LogP contribution in [0.5, 0.6) is 0 Å². The standard InChI is InChI=1S/C20H27N3O2S/c1-5-9-16-12-17(24)22-19(21-16)26-14-18(25)23(20(2,3)4)13-15-10-7-6-8-11-15/h6-8,10-12H,5,9,13-14H2,1-4H3,(H,21,22,24). The van der Waals surface area contributed by atoms with Crippen LogP contribution in [0.3, 0.4) is 0 Å². The number of aromatic amines is 1. The first kappa shape index (κ1) is 20.2. The molecule has 140 valence electrons. The molecule has 0 aliphatic heterocycles. The van der Waals surface area contributed by atoms with Crippen molar-refractivity contribution in [1.82, 2.24) is 14.9 Å². The summed E-state index contributed by atoms with van der Waals surface area (Å²) in [5, 5.41) is 0.503. The van der Waals surface area contributed by atoms with Gasteiger partial charge in [-0.1, -0.05) is 55.4 Å². The van der Waals surface area contributed by atoms with Crippen LogP contribution in [0.2, 0.25) is 0 Å². The quantitative estimate of drug-likeness (QED) is 0.594. The first-order valence-corrected chi connectivity index (χ1v) is 9.85. The summed E-state index contributed by atoms with van der Waals surface area (Å²) in [6.07, 6.45) is 1.68. The van der Waals surface area contributed by atoms with E-state index in [1.54, 1.807) is 0 Å². The summed E-state index contributed by atoms with van der Waals surface area (Å²) in [6.45, 7) is 8.69. The Morgan fingerprint density at radius 2 is 1.92 bits per heavy atom. The second-order valence-corrected chi connectivity index (χ2v) is 8.18. The van der Waals surface area contributed by atoms with Crippen LogP contribution in [-0.4, -0.2) is 32.1 Å². The van der Waals surface area contributed by atoms with Crippen LogP contribution in [0.4, 0.5) is 0 Å². The molecular formula is C20H27N3O2S. The number of carbonyl (C=O) groups is 1. The van der Waals surface area contributed by atoms with Gasteiger partial charge in [0.1, 0.15) is 0 Å². The Bertz CT molecular complexity index is 782. The molecule has 5 nitrogen and oxygen atoms in total. The molecule has 0 aliphatic carbocycles. The lowest BCUT2D eigenvalue weighted by molar-refractivity contribution is -0.133. The Labute approximate surface area is 159 Å². The number of aryl methyl sites for hydroxylation is 1. The lowest BCUT2D eigenvalue weighted by Gasteiger charge is -2.36. The van der Waals surface area contributed by atoms with Crippen molar-refractivity contribution in [2.24, 2.45) is 0 Å². The molecule has 0 unspecified atom stereocenters. The Kier molecular flexibility index (Phi) is 7.03. The Morgan fingerprint density at radius 3 is 2.54 bits per heavy atom. The van der Waals surface area contributed by atoms with Gasteiger partial charge in [-0.05, 0) is 32.8 Å². The van der Waals surface area contributed by atoms with Gasteiger partial charge in [-0.3, -0.25) is 9.59 Å². The number of thioether (sulfide) groups is 1. The van der Waals surface area contributed by atoms with Crippen molar-refractivity contribution < 1.29 is 4.79 Å². The zero-order chi connectivity index (χ0) is 19.2. The van der Waals surface area contributed by atoms with Crippen molar-refractivity contribution in [3.8, 4) is 0 Å². The third-order valence-electron chi connectivity index (χ3n) is 3.91. The average Bonchev–Trinajstić information content (AvgIpc) is 2.57. The monoisotopic (exact) mass is 373 g/mol. The summed E-state index contributed by atoms with van der Waals surface area (Å²) in [4.78, 5) is 33.6. The molecule has 1 amide bonds. The molecule has 0 saturated carbocycles. The van der Waals surface area contributed by atoms with E-state index < -0.39 is 0 Å². The highest BCUT2D eigenvalue weighted by Gasteiger charge is 2.26. The Morgan fingerprint density at radius 1 is 1.23 bits per heavy atom. The number of H-pyrrole nitrogens is 1. The van der Waals surface area contributed by atoms with E-state index >= 15 is 0 Å². The van der Waals surface area contributed by atoms with Crippen molar-refractivity contribution in [3.05, 3.63) is 58.0 Å². The lowest BCUT2D eigenvalue weighted by Crippen LogP contribution is -2.45. The van der Waals surface area contributed by atoms with Crippen LogP contribution < -0.4 is 5.56 Å². The van der Waals surface area contributed by atoms with Crippen LogP contribution in [0.1, 0.15) is 45.4 Å². The van der Waals surface area contributed by atoms with Crippen LogP contribution in [0, 0.1) is 0 Å². The maximum atomic E-state index is 12.8. The van der Waals surface area contributed by atoms with Gasteiger partial charge in [-0.25, -0.2) is 4.98 Å². The number of rotatable bonds is 7. The Balaban J connectivity index is 2.09. The van der Waals surface area contributed by atoms with Gasteiger partial charge in [-0.2, -0.15) is 0 Å². The van der Waals surface area contributed by atoms with E-state index in [4.69, 9.17) is 0 Å². The maximum absolute atomic E-state index is 12.8. The molecule has 0 spiro atoms. The van der Waals surface area contributed by atoms with Gasteiger partial charge in [-0.15, -0.1) is 0 Å². The summed E-state index contributed by atoms with van der Waals surface area (Å²) >= 11 is 1.28. The van der Waals surface area contributed by atoms with Crippen LogP contribution in [0.25, 0.3) is 0 Å². The summed E-state index contributed by atoms with van der Waals surface area (Å²) in [6, 6.07) is 11.5. The van der Waals surface area contributed by atoms with E-state index in [0.29, 0.717) is 11.7 Å². The minimum atomic E-state index is -0.293. The molecule has 1 N–H and O–H groups in total. The normalized spacial score (nSPS) is 11.4. The van der Waals surface area contributed by atoms with Gasteiger partial charge < -0.3 is 9.88 Å². The predicted molar refractivity (Wildman–Crippen MR) is 106 cm³/mol. The SMILES string of the molecule is CCCc1cc(=O)[nH]c(SCC(=O)N(Cc2ccccc2)C(C)(C)C)n1. The van der Waals surface area contributed by atoms with E-state index in [0.717, 1.165) is 24.1 Å². The van der Waals surface area contributed by atoms with Crippen LogP contribution >= 0.6 is 11.8 Å². The van der Waals surface area contributed by atoms with Gasteiger partial charge >= 0.3 is 0 Å². The fourth-order valence-corrected chi connectivity index (χ4v) is 3.38. The largest absolute Gasteiger partial charge is 0.333 e. The van der Waals surface area contributed by atoms with Crippen molar-refractivity contribution in [2.45, 2.75) is 57.8 Å². The lowest BCUT2D eigenvalue weighted by atomic mass is 10.0. The second-order valence-electron chi connectivity index (χ2n) is 7.22. The summed E-state index contributed by atoms with van der Waals surface area (Å²) in [7, 11) is 0. The van der Waals surface area contributed by atoms with Crippen molar-refractivity contribution in [3.63, 3.8) is 0 Å².